The van der Waals surface area contributed by atoms with Crippen LogP contribution in [0.3, 0.4) is 0 Å². The summed E-state index contributed by atoms with van der Waals surface area (Å²) in [5.41, 5.74) is 0.372. The quantitative estimate of drug-likeness (QED) is 0.669. The first-order valence-corrected chi connectivity index (χ1v) is 5.76. The zero-order valence-electron chi connectivity index (χ0n) is 8.49. The first kappa shape index (κ1) is 12.8. The van der Waals surface area contributed by atoms with Gasteiger partial charge < -0.3 is 9.47 Å². The van der Waals surface area contributed by atoms with Gasteiger partial charge in [0.1, 0.15) is 11.5 Å². The minimum absolute atomic E-state index is 0.116. The molecule has 0 unspecified atom stereocenters. The molecule has 1 rings (SSSR count). The van der Waals surface area contributed by atoms with Gasteiger partial charge in [-0.05, 0) is 11.4 Å². The lowest BCUT2D eigenvalue weighted by Crippen LogP contribution is -2.16. The van der Waals surface area contributed by atoms with Crippen LogP contribution in [0.4, 0.5) is 10.5 Å². The number of rotatable bonds is 4. The molecule has 0 aliphatic carbocycles. The van der Waals surface area contributed by atoms with Crippen molar-refractivity contribution < 1.29 is 19.1 Å². The second kappa shape index (κ2) is 6.34. The Balaban J connectivity index is 2.63. The molecule has 0 saturated heterocycles. The molecule has 1 aromatic rings. The monoisotopic (exact) mass is 263 g/mol. The molecule has 0 bridgehead atoms. The molecule has 5 nitrogen and oxygen atoms in total. The van der Waals surface area contributed by atoms with Crippen LogP contribution in [0.2, 0.25) is 0 Å². The molecule has 0 saturated carbocycles. The van der Waals surface area contributed by atoms with Gasteiger partial charge in [0.2, 0.25) is 0 Å². The number of hydrogen-bond donors (Lipinski definition) is 1. The maximum Gasteiger partial charge on any atom is 0.411 e. The Morgan fingerprint density at radius 2 is 2.31 bits per heavy atom. The first-order chi connectivity index (χ1) is 7.69. The van der Waals surface area contributed by atoms with Crippen LogP contribution in [0.5, 0.6) is 0 Å². The molecule has 1 N–H and O–H groups in total. The number of alkyl halides is 1. The molecule has 0 fully saturated rings. The number of methoxy groups -OCH3 is 1. The second-order valence-electron chi connectivity index (χ2n) is 2.60. The van der Waals surface area contributed by atoms with E-state index in [1.165, 1.54) is 18.4 Å². The number of anilines is 1. The summed E-state index contributed by atoms with van der Waals surface area (Å²) >= 11 is 6.53. The molecule has 0 spiro atoms. The summed E-state index contributed by atoms with van der Waals surface area (Å²) < 4.78 is 9.26. The van der Waals surface area contributed by atoms with Gasteiger partial charge in [0, 0.05) is 0 Å². The van der Waals surface area contributed by atoms with Gasteiger partial charge in [-0.3, -0.25) is 5.32 Å². The molecule has 7 heteroatoms. The predicted molar refractivity (Wildman–Crippen MR) is 61.3 cm³/mol. The van der Waals surface area contributed by atoms with E-state index >= 15 is 0 Å². The highest BCUT2D eigenvalue weighted by molar-refractivity contribution is 7.12. The fraction of sp³-hybridized carbons (Fsp3) is 0.333. The molecule has 88 valence electrons. The molecule has 1 amide bonds. The molecule has 0 radical (unpaired) electrons. The van der Waals surface area contributed by atoms with Crippen LogP contribution in [0.25, 0.3) is 0 Å². The number of hydrogen-bond acceptors (Lipinski definition) is 5. The largest absolute Gasteiger partial charge is 0.465 e. The highest BCUT2D eigenvalue weighted by atomic mass is 35.5. The van der Waals surface area contributed by atoms with Crippen molar-refractivity contribution >= 4 is 40.7 Å². The van der Waals surface area contributed by atoms with Gasteiger partial charge in [-0.1, -0.05) is 0 Å². The third kappa shape index (κ3) is 3.39. The fourth-order valence-electron chi connectivity index (χ4n) is 0.936. The molecule has 0 aliphatic heterocycles. The Kier molecular flexibility index (Phi) is 5.07. The number of carbonyl (C=O) groups excluding carboxylic acids is 2. The molecule has 16 heavy (non-hydrogen) atoms. The predicted octanol–water partition coefficient (Wildman–Crippen LogP) is 2.32. The maximum atomic E-state index is 11.3. The molecule has 0 atom stereocenters. The van der Waals surface area contributed by atoms with Crippen LogP contribution in [-0.4, -0.2) is 31.7 Å². The van der Waals surface area contributed by atoms with Gasteiger partial charge in [0.05, 0.1) is 18.7 Å². The Hall–Kier alpha value is -1.27. The Morgan fingerprint density at radius 3 is 2.94 bits per heavy atom. The minimum atomic E-state index is -0.649. The molecular weight excluding hydrogens is 254 g/mol. The van der Waals surface area contributed by atoms with Crippen molar-refractivity contribution in [3.63, 3.8) is 0 Å². The molecule has 1 aromatic heterocycles. The number of esters is 1. The van der Waals surface area contributed by atoms with Crippen molar-refractivity contribution in [2.24, 2.45) is 0 Å². The van der Waals surface area contributed by atoms with Crippen molar-refractivity contribution in [3.8, 4) is 0 Å². The molecule has 0 aliphatic rings. The van der Waals surface area contributed by atoms with Crippen LogP contribution < -0.4 is 5.32 Å². The lowest BCUT2D eigenvalue weighted by molar-refractivity contribution is 0.0607. The van der Waals surface area contributed by atoms with E-state index in [2.05, 4.69) is 10.1 Å². The third-order valence-electron chi connectivity index (χ3n) is 1.58. The Labute approximate surface area is 101 Å². The molecule has 0 aromatic carbocycles. The number of nitrogens with one attached hydrogen (secondary N) is 1. The van der Waals surface area contributed by atoms with Gasteiger partial charge in [-0.25, -0.2) is 9.59 Å². The smallest absolute Gasteiger partial charge is 0.411 e. The van der Waals surface area contributed by atoms with Crippen molar-refractivity contribution in [2.75, 3.05) is 24.9 Å². The van der Waals surface area contributed by atoms with Crippen molar-refractivity contribution in [1.82, 2.24) is 0 Å². The number of amides is 1. The summed E-state index contributed by atoms with van der Waals surface area (Å²) in [4.78, 5) is 22.8. The summed E-state index contributed by atoms with van der Waals surface area (Å²) in [6.07, 6.45) is -0.649. The van der Waals surface area contributed by atoms with Crippen LogP contribution in [0, 0.1) is 0 Å². The number of carbonyl (C=O) groups is 2. The van der Waals surface area contributed by atoms with Gasteiger partial charge in [-0.15, -0.1) is 22.9 Å². The van der Waals surface area contributed by atoms with Crippen molar-refractivity contribution in [3.05, 3.63) is 16.3 Å². The van der Waals surface area contributed by atoms with E-state index in [1.807, 2.05) is 0 Å². The van der Waals surface area contributed by atoms with Gasteiger partial charge in [0.25, 0.3) is 0 Å². The molecule has 1 heterocycles. The second-order valence-corrected chi connectivity index (χ2v) is 3.90. The minimum Gasteiger partial charge on any atom is -0.465 e. The van der Waals surface area contributed by atoms with E-state index < -0.39 is 12.1 Å². The SMILES string of the molecule is COC(=O)c1sccc1NC(=O)OCCCl. The zero-order valence-corrected chi connectivity index (χ0v) is 10.1. The van der Waals surface area contributed by atoms with Crippen LogP contribution >= 0.6 is 22.9 Å². The zero-order chi connectivity index (χ0) is 12.0. The van der Waals surface area contributed by atoms with E-state index in [1.54, 1.807) is 11.4 Å². The topological polar surface area (TPSA) is 64.6 Å². The molecular formula is C9H10ClNO4S. The Morgan fingerprint density at radius 1 is 1.56 bits per heavy atom. The van der Waals surface area contributed by atoms with Gasteiger partial charge >= 0.3 is 12.1 Å². The average Bonchev–Trinajstić information content (AvgIpc) is 2.73. The standard InChI is InChI=1S/C9H10ClNO4S/c1-14-8(12)7-6(2-5-16-7)11-9(13)15-4-3-10/h2,5H,3-4H2,1H3,(H,11,13). The first-order valence-electron chi connectivity index (χ1n) is 4.34. The van der Waals surface area contributed by atoms with Crippen LogP contribution in [0.1, 0.15) is 9.67 Å². The third-order valence-corrected chi connectivity index (χ3v) is 2.63. The van der Waals surface area contributed by atoms with Crippen molar-refractivity contribution in [2.45, 2.75) is 0 Å². The van der Waals surface area contributed by atoms with E-state index in [9.17, 15) is 9.59 Å². The Bertz CT molecular complexity index is 379. The fourth-order valence-corrected chi connectivity index (χ4v) is 1.78. The normalized spacial score (nSPS) is 9.62. The summed E-state index contributed by atoms with van der Waals surface area (Å²) in [6.45, 7) is 0.116. The highest BCUT2D eigenvalue weighted by Crippen LogP contribution is 2.23. The van der Waals surface area contributed by atoms with E-state index in [4.69, 9.17) is 16.3 Å². The summed E-state index contributed by atoms with van der Waals surface area (Å²) in [6, 6.07) is 1.60. The van der Waals surface area contributed by atoms with E-state index in [0.717, 1.165) is 0 Å². The maximum absolute atomic E-state index is 11.3. The van der Waals surface area contributed by atoms with Crippen LogP contribution in [-0.2, 0) is 9.47 Å². The summed E-state index contributed by atoms with van der Waals surface area (Å²) in [5.74, 6) is -0.274. The van der Waals surface area contributed by atoms with Crippen LogP contribution in [0.15, 0.2) is 11.4 Å². The summed E-state index contributed by atoms with van der Waals surface area (Å²) in [5, 5.41) is 4.10. The number of halogens is 1. The number of thiophene rings is 1. The van der Waals surface area contributed by atoms with E-state index in [-0.39, 0.29) is 12.5 Å². The van der Waals surface area contributed by atoms with Crippen molar-refractivity contribution in [1.29, 1.82) is 0 Å². The lowest BCUT2D eigenvalue weighted by atomic mass is 10.4. The van der Waals surface area contributed by atoms with E-state index in [0.29, 0.717) is 10.6 Å². The van der Waals surface area contributed by atoms with Gasteiger partial charge in [0.15, 0.2) is 0 Å². The van der Waals surface area contributed by atoms with Gasteiger partial charge in [-0.2, -0.15) is 0 Å². The number of ether oxygens (including phenoxy) is 2. The lowest BCUT2D eigenvalue weighted by Gasteiger charge is -2.05. The average molecular weight is 264 g/mol. The summed E-state index contributed by atoms with van der Waals surface area (Å²) in [7, 11) is 1.28. The highest BCUT2D eigenvalue weighted by Gasteiger charge is 2.15.